The maximum Gasteiger partial charge on any atom is 0.0995 e. The Bertz CT molecular complexity index is 407. The molecule has 0 aliphatic heterocycles. The van der Waals surface area contributed by atoms with E-state index in [-0.39, 0.29) is 5.92 Å². The number of hydrogen-bond acceptors (Lipinski definition) is 2. The highest BCUT2D eigenvalue weighted by atomic mass is 16.3. The predicted octanol–water partition coefficient (Wildman–Crippen LogP) is 2.57. The molecule has 1 aromatic carbocycles. The summed E-state index contributed by atoms with van der Waals surface area (Å²) in [6, 6.07) is 9.54. The van der Waals surface area contributed by atoms with Gasteiger partial charge in [0.1, 0.15) is 0 Å². The molecule has 2 nitrogen and oxygen atoms in total. The molecule has 0 amide bonds. The lowest BCUT2D eigenvalue weighted by molar-refractivity contribution is 0.00424. The van der Waals surface area contributed by atoms with E-state index in [9.17, 15) is 5.11 Å². The molecule has 1 aliphatic carbocycles. The number of benzene rings is 1. The summed E-state index contributed by atoms with van der Waals surface area (Å²) >= 11 is 0. The van der Waals surface area contributed by atoms with Crippen molar-refractivity contribution in [3.05, 3.63) is 35.4 Å². The molecule has 0 radical (unpaired) electrons. The van der Waals surface area contributed by atoms with Crippen LogP contribution in [0.2, 0.25) is 0 Å². The Balaban J connectivity index is 2.49. The van der Waals surface area contributed by atoms with E-state index >= 15 is 0 Å². The quantitative estimate of drug-likeness (QED) is 0.758. The molecule has 2 heteroatoms. The lowest BCUT2D eigenvalue weighted by atomic mass is 9.83. The highest BCUT2D eigenvalue weighted by Crippen LogP contribution is 2.44. The first-order valence-corrected chi connectivity index (χ1v) is 5.40. The first kappa shape index (κ1) is 10.2. The second-order valence-electron chi connectivity index (χ2n) is 4.37. The summed E-state index contributed by atoms with van der Waals surface area (Å²) in [4.78, 5) is 0. The van der Waals surface area contributed by atoms with E-state index in [1.54, 1.807) is 6.07 Å². The summed E-state index contributed by atoms with van der Waals surface area (Å²) in [5, 5.41) is 19.6. The van der Waals surface area contributed by atoms with Gasteiger partial charge in [-0.05, 0) is 31.2 Å². The molecule has 1 saturated carbocycles. The summed E-state index contributed by atoms with van der Waals surface area (Å²) in [7, 11) is 0. The first-order chi connectivity index (χ1) is 7.18. The van der Waals surface area contributed by atoms with Crippen LogP contribution in [0, 0.1) is 17.2 Å². The first-order valence-electron chi connectivity index (χ1n) is 5.40. The number of hydrogen-bond donors (Lipinski definition) is 1. The minimum absolute atomic E-state index is 0.243. The fraction of sp³-hybridized carbons (Fsp3) is 0.462. The van der Waals surface area contributed by atoms with Gasteiger partial charge in [0.05, 0.1) is 17.2 Å². The Kier molecular flexibility index (Phi) is 2.50. The van der Waals surface area contributed by atoms with Crippen LogP contribution in [-0.4, -0.2) is 5.11 Å². The zero-order valence-electron chi connectivity index (χ0n) is 8.90. The van der Waals surface area contributed by atoms with Crippen molar-refractivity contribution >= 4 is 0 Å². The second-order valence-corrected chi connectivity index (χ2v) is 4.37. The average Bonchev–Trinajstić information content (AvgIpc) is 2.60. The molecule has 0 saturated heterocycles. The van der Waals surface area contributed by atoms with Crippen molar-refractivity contribution in [3.8, 4) is 6.07 Å². The largest absolute Gasteiger partial charge is 0.385 e. The summed E-state index contributed by atoms with van der Waals surface area (Å²) < 4.78 is 0. The zero-order valence-corrected chi connectivity index (χ0v) is 8.90. The molecule has 0 unspecified atom stereocenters. The van der Waals surface area contributed by atoms with Crippen LogP contribution in [0.5, 0.6) is 0 Å². The van der Waals surface area contributed by atoms with E-state index < -0.39 is 5.60 Å². The number of rotatable bonds is 1. The molecule has 15 heavy (non-hydrogen) atoms. The van der Waals surface area contributed by atoms with Gasteiger partial charge in [-0.25, -0.2) is 0 Å². The molecule has 0 aromatic heterocycles. The third-order valence-corrected chi connectivity index (χ3v) is 3.52. The minimum atomic E-state index is -0.785. The zero-order chi connectivity index (χ0) is 10.9. The van der Waals surface area contributed by atoms with Crippen LogP contribution in [0.15, 0.2) is 24.3 Å². The van der Waals surface area contributed by atoms with Crippen molar-refractivity contribution in [1.82, 2.24) is 0 Å². The third-order valence-electron chi connectivity index (χ3n) is 3.52. The lowest BCUT2D eigenvalue weighted by Gasteiger charge is -2.29. The summed E-state index contributed by atoms with van der Waals surface area (Å²) in [5.41, 5.74) is 0.623. The van der Waals surface area contributed by atoms with Crippen molar-refractivity contribution in [3.63, 3.8) is 0 Å². The molecule has 0 heterocycles. The summed E-state index contributed by atoms with van der Waals surface area (Å²) in [6.45, 7) is 2.06. The number of nitrogens with zero attached hydrogens (tertiary/aromatic N) is 1. The topological polar surface area (TPSA) is 44.0 Å². The highest BCUT2D eigenvalue weighted by Gasteiger charge is 2.40. The van der Waals surface area contributed by atoms with Gasteiger partial charge in [0.2, 0.25) is 0 Å². The van der Waals surface area contributed by atoms with E-state index in [1.165, 1.54) is 0 Å². The van der Waals surface area contributed by atoms with E-state index in [1.807, 2.05) is 18.2 Å². The van der Waals surface area contributed by atoms with Crippen molar-refractivity contribution in [1.29, 1.82) is 5.26 Å². The van der Waals surface area contributed by atoms with Crippen LogP contribution in [0.25, 0.3) is 0 Å². The molecule has 0 bridgehead atoms. The summed E-state index contributed by atoms with van der Waals surface area (Å²) in [6.07, 6.45) is 2.85. The normalized spacial score (nSPS) is 30.1. The van der Waals surface area contributed by atoms with Gasteiger partial charge in [0.25, 0.3) is 0 Å². The SMILES string of the molecule is C[C@H]1CCC[C@@]1(O)c1ccccc1C#N. The molecule has 1 aliphatic rings. The molecule has 1 fully saturated rings. The van der Waals surface area contributed by atoms with Gasteiger partial charge in [0.15, 0.2) is 0 Å². The monoisotopic (exact) mass is 201 g/mol. The molecular weight excluding hydrogens is 186 g/mol. The van der Waals surface area contributed by atoms with Gasteiger partial charge in [-0.3, -0.25) is 0 Å². The second kappa shape index (κ2) is 3.67. The van der Waals surface area contributed by atoms with Crippen molar-refractivity contribution in [2.45, 2.75) is 31.8 Å². The fourth-order valence-corrected chi connectivity index (χ4v) is 2.52. The van der Waals surface area contributed by atoms with Crippen molar-refractivity contribution in [2.75, 3.05) is 0 Å². The highest BCUT2D eigenvalue weighted by molar-refractivity contribution is 5.41. The van der Waals surface area contributed by atoms with Gasteiger partial charge in [-0.2, -0.15) is 5.26 Å². The Morgan fingerprint density at radius 3 is 2.80 bits per heavy atom. The van der Waals surface area contributed by atoms with Crippen LogP contribution in [0.1, 0.15) is 37.3 Å². The van der Waals surface area contributed by atoms with E-state index in [0.717, 1.165) is 24.8 Å². The molecule has 2 rings (SSSR count). The van der Waals surface area contributed by atoms with Crippen molar-refractivity contribution < 1.29 is 5.11 Å². The van der Waals surface area contributed by atoms with Gasteiger partial charge in [-0.15, -0.1) is 0 Å². The van der Waals surface area contributed by atoms with E-state index in [2.05, 4.69) is 13.0 Å². The van der Waals surface area contributed by atoms with Crippen LogP contribution < -0.4 is 0 Å². The van der Waals surface area contributed by atoms with Crippen LogP contribution in [0.4, 0.5) is 0 Å². The van der Waals surface area contributed by atoms with E-state index in [4.69, 9.17) is 5.26 Å². The molecule has 0 spiro atoms. The van der Waals surface area contributed by atoms with Gasteiger partial charge < -0.3 is 5.11 Å². The predicted molar refractivity (Wildman–Crippen MR) is 58.1 cm³/mol. The molecule has 1 N–H and O–H groups in total. The van der Waals surface area contributed by atoms with Gasteiger partial charge in [0, 0.05) is 5.56 Å². The fourth-order valence-electron chi connectivity index (χ4n) is 2.52. The molecule has 1 aromatic rings. The van der Waals surface area contributed by atoms with Crippen LogP contribution in [0.3, 0.4) is 0 Å². The van der Waals surface area contributed by atoms with Crippen molar-refractivity contribution in [2.24, 2.45) is 5.92 Å². The average molecular weight is 201 g/mol. The Hall–Kier alpha value is -1.33. The summed E-state index contributed by atoms with van der Waals surface area (Å²) in [5.74, 6) is 0.243. The van der Waals surface area contributed by atoms with Crippen LogP contribution in [-0.2, 0) is 5.60 Å². The smallest absolute Gasteiger partial charge is 0.0995 e. The maximum absolute atomic E-state index is 10.6. The number of nitriles is 1. The third kappa shape index (κ3) is 1.53. The Morgan fingerprint density at radius 2 is 2.20 bits per heavy atom. The van der Waals surface area contributed by atoms with E-state index in [0.29, 0.717) is 5.56 Å². The molecule has 78 valence electrons. The van der Waals surface area contributed by atoms with Gasteiger partial charge >= 0.3 is 0 Å². The Labute approximate surface area is 90.2 Å². The standard InChI is InChI=1S/C13H15NO/c1-10-5-4-8-13(10,15)12-7-3-2-6-11(12)9-14/h2-3,6-7,10,15H,4-5,8H2,1H3/t10-,13-/m0/s1. The van der Waals surface area contributed by atoms with Crippen LogP contribution >= 0.6 is 0 Å². The maximum atomic E-state index is 10.6. The van der Waals surface area contributed by atoms with Gasteiger partial charge in [-0.1, -0.05) is 25.1 Å². The molecular formula is C13H15NO. The lowest BCUT2D eigenvalue weighted by Crippen LogP contribution is -2.29. The number of aliphatic hydroxyl groups is 1. The molecule has 2 atom stereocenters. The minimum Gasteiger partial charge on any atom is -0.385 e. The Morgan fingerprint density at radius 1 is 1.47 bits per heavy atom.